The normalized spacial score (nSPS) is 19.1. The number of amides is 1. The molecule has 1 saturated heterocycles. The number of hydrogen-bond donors (Lipinski definition) is 2. The second kappa shape index (κ2) is 8.59. The van der Waals surface area contributed by atoms with Gasteiger partial charge in [-0.3, -0.25) is 9.59 Å². The van der Waals surface area contributed by atoms with Crippen LogP contribution < -0.4 is 5.32 Å². The summed E-state index contributed by atoms with van der Waals surface area (Å²) in [5, 5.41) is 2.82. The smallest absolute Gasteiger partial charge is 0.338 e. The fourth-order valence-corrected chi connectivity index (χ4v) is 2.81. The van der Waals surface area contributed by atoms with E-state index in [4.69, 9.17) is 9.47 Å². The van der Waals surface area contributed by atoms with Crippen molar-refractivity contribution in [3.05, 3.63) is 48.5 Å². The Bertz CT molecular complexity index is 791. The third kappa shape index (κ3) is 5.01. The minimum Gasteiger partial charge on any atom is -0.464 e. The summed E-state index contributed by atoms with van der Waals surface area (Å²) in [7, 11) is 0. The highest BCUT2D eigenvalue weighted by molar-refractivity contribution is 5.99. The van der Waals surface area contributed by atoms with Crippen LogP contribution in [0.15, 0.2) is 42.9 Å². The summed E-state index contributed by atoms with van der Waals surface area (Å²) in [4.78, 5) is 43.7. The molecule has 3 atom stereocenters. The number of anilines is 1. The van der Waals surface area contributed by atoms with Crippen molar-refractivity contribution >= 4 is 23.3 Å². The number of para-hydroxylation sites is 1. The quantitative estimate of drug-likeness (QED) is 0.510. The van der Waals surface area contributed by atoms with Crippen LogP contribution in [-0.4, -0.2) is 46.4 Å². The first-order chi connectivity index (χ1) is 13.1. The van der Waals surface area contributed by atoms with Crippen molar-refractivity contribution in [3.63, 3.8) is 0 Å². The van der Waals surface area contributed by atoms with Crippen molar-refractivity contribution in [3.8, 4) is 0 Å². The Hall–Kier alpha value is -3.00. The van der Waals surface area contributed by atoms with Crippen molar-refractivity contribution in [2.75, 3.05) is 11.9 Å². The molecule has 0 radical (unpaired) electrons. The van der Waals surface area contributed by atoms with Gasteiger partial charge in [-0.05, 0) is 19.1 Å². The van der Waals surface area contributed by atoms with Crippen molar-refractivity contribution < 1.29 is 23.9 Å². The largest absolute Gasteiger partial charge is 0.464 e. The van der Waals surface area contributed by atoms with E-state index in [1.165, 1.54) is 6.33 Å². The van der Waals surface area contributed by atoms with Crippen LogP contribution in [0.3, 0.4) is 0 Å². The van der Waals surface area contributed by atoms with Gasteiger partial charge in [-0.1, -0.05) is 18.2 Å². The highest BCUT2D eigenvalue weighted by atomic mass is 16.6. The number of Topliss-reactive ketones (excluding diaryl/α,β-unsaturated/α-hetero) is 1. The first-order valence-corrected chi connectivity index (χ1v) is 8.76. The molecule has 27 heavy (non-hydrogen) atoms. The molecule has 0 saturated carbocycles. The van der Waals surface area contributed by atoms with Crippen molar-refractivity contribution in [1.29, 1.82) is 0 Å². The van der Waals surface area contributed by atoms with Gasteiger partial charge in [0.15, 0.2) is 18.0 Å². The third-order valence-corrected chi connectivity index (χ3v) is 4.21. The number of imidazole rings is 1. The van der Waals surface area contributed by atoms with Gasteiger partial charge in [-0.2, -0.15) is 0 Å². The van der Waals surface area contributed by atoms with Crippen LogP contribution in [0.1, 0.15) is 19.0 Å². The van der Waals surface area contributed by atoms with Gasteiger partial charge in [0, 0.05) is 30.4 Å². The highest BCUT2D eigenvalue weighted by Crippen LogP contribution is 2.28. The van der Waals surface area contributed by atoms with Gasteiger partial charge in [0.1, 0.15) is 0 Å². The molecule has 8 nitrogen and oxygen atoms in total. The maximum atomic E-state index is 12.7. The standard InChI is InChI=1S/C19H21N3O5/c1-2-26-19(25)17-16(27-17)15(23)9-12(8-14-10-20-11-21-14)18(24)22-13-6-4-3-5-7-13/h3-7,10-12,16-17H,2,8-9H2,1H3,(H,20,21)(H,22,24)/t12-,16-,17+/m1/s1. The predicted molar refractivity (Wildman–Crippen MR) is 95.8 cm³/mol. The number of esters is 1. The third-order valence-electron chi connectivity index (χ3n) is 4.21. The fraction of sp³-hybridized carbons (Fsp3) is 0.368. The molecule has 0 spiro atoms. The Morgan fingerprint density at radius 2 is 2.04 bits per heavy atom. The molecule has 1 aromatic carbocycles. The molecule has 1 aliphatic heterocycles. The number of aromatic nitrogens is 2. The minimum absolute atomic E-state index is 0.0434. The van der Waals surface area contributed by atoms with Crippen molar-refractivity contribution in [2.24, 2.45) is 5.92 Å². The van der Waals surface area contributed by atoms with Crippen LogP contribution in [0.4, 0.5) is 5.69 Å². The van der Waals surface area contributed by atoms with Gasteiger partial charge in [-0.15, -0.1) is 0 Å². The monoisotopic (exact) mass is 371 g/mol. The second-order valence-corrected chi connectivity index (χ2v) is 6.23. The van der Waals surface area contributed by atoms with Crippen molar-refractivity contribution in [1.82, 2.24) is 9.97 Å². The van der Waals surface area contributed by atoms with E-state index in [2.05, 4.69) is 15.3 Å². The Labute approximate surface area is 156 Å². The van der Waals surface area contributed by atoms with E-state index in [-0.39, 0.29) is 24.7 Å². The Morgan fingerprint density at radius 3 is 2.70 bits per heavy atom. The molecule has 0 bridgehead atoms. The zero-order valence-electron chi connectivity index (χ0n) is 14.9. The minimum atomic E-state index is -0.859. The number of ether oxygens (including phenoxy) is 2. The fourth-order valence-electron chi connectivity index (χ4n) is 2.81. The first kappa shape index (κ1) is 18.8. The summed E-state index contributed by atoms with van der Waals surface area (Å²) in [6.45, 7) is 1.91. The van der Waals surface area contributed by atoms with Crippen LogP contribution in [0, 0.1) is 5.92 Å². The van der Waals surface area contributed by atoms with Crippen LogP contribution in [0.2, 0.25) is 0 Å². The molecule has 1 aliphatic rings. The number of nitrogens with zero attached hydrogens (tertiary/aromatic N) is 1. The lowest BCUT2D eigenvalue weighted by molar-refractivity contribution is -0.144. The lowest BCUT2D eigenvalue weighted by atomic mass is 9.94. The molecular weight excluding hydrogens is 350 g/mol. The van der Waals surface area contributed by atoms with E-state index >= 15 is 0 Å². The average Bonchev–Trinajstić information content (AvgIpc) is 3.31. The zero-order chi connectivity index (χ0) is 19.2. The number of hydrogen-bond acceptors (Lipinski definition) is 6. The van der Waals surface area contributed by atoms with Gasteiger partial charge < -0.3 is 19.8 Å². The Balaban J connectivity index is 1.64. The van der Waals surface area contributed by atoms with E-state index in [1.807, 2.05) is 18.2 Å². The van der Waals surface area contributed by atoms with E-state index in [0.29, 0.717) is 12.1 Å². The van der Waals surface area contributed by atoms with Gasteiger partial charge in [0.25, 0.3) is 0 Å². The first-order valence-electron chi connectivity index (χ1n) is 8.76. The van der Waals surface area contributed by atoms with Gasteiger partial charge in [0.2, 0.25) is 5.91 Å². The van der Waals surface area contributed by atoms with Gasteiger partial charge in [0.05, 0.1) is 18.9 Å². The molecule has 1 fully saturated rings. The number of carbonyl (C=O) groups is 3. The van der Waals surface area contributed by atoms with Crippen molar-refractivity contribution in [2.45, 2.75) is 32.0 Å². The second-order valence-electron chi connectivity index (χ2n) is 6.23. The number of ketones is 1. The molecule has 0 unspecified atom stereocenters. The van der Waals surface area contributed by atoms with Crippen LogP contribution in [0.5, 0.6) is 0 Å². The molecule has 8 heteroatoms. The summed E-state index contributed by atoms with van der Waals surface area (Å²) in [6.07, 6.45) is 1.71. The maximum Gasteiger partial charge on any atom is 0.338 e. The molecule has 1 aromatic heterocycles. The lowest BCUT2D eigenvalue weighted by Crippen LogP contribution is -2.29. The van der Waals surface area contributed by atoms with Crippen LogP contribution in [-0.2, 0) is 30.3 Å². The SMILES string of the molecule is CCOC(=O)[C@H]1O[C@@H]1C(=O)C[C@@H](Cc1cnc[nH]1)C(=O)Nc1ccccc1. The summed E-state index contributed by atoms with van der Waals surface area (Å²) in [5.41, 5.74) is 1.39. The number of H-pyrrole nitrogens is 1. The van der Waals surface area contributed by atoms with Crippen LogP contribution in [0.25, 0.3) is 0 Å². The predicted octanol–water partition coefficient (Wildman–Crippen LogP) is 1.50. The highest BCUT2D eigenvalue weighted by Gasteiger charge is 2.51. The molecular formula is C19H21N3O5. The maximum absolute atomic E-state index is 12.7. The molecule has 3 rings (SSSR count). The van der Waals surface area contributed by atoms with E-state index in [0.717, 1.165) is 5.69 Å². The molecule has 2 heterocycles. The average molecular weight is 371 g/mol. The number of epoxide rings is 1. The lowest BCUT2D eigenvalue weighted by Gasteiger charge is -2.15. The number of benzene rings is 1. The zero-order valence-corrected chi connectivity index (χ0v) is 14.9. The number of rotatable bonds is 9. The van der Waals surface area contributed by atoms with Crippen LogP contribution >= 0.6 is 0 Å². The van der Waals surface area contributed by atoms with E-state index < -0.39 is 24.1 Å². The van der Waals surface area contributed by atoms with E-state index in [9.17, 15) is 14.4 Å². The molecule has 142 valence electrons. The summed E-state index contributed by atoms with van der Waals surface area (Å²) < 4.78 is 10.0. The molecule has 1 amide bonds. The number of aromatic amines is 1. The Morgan fingerprint density at radius 1 is 1.26 bits per heavy atom. The van der Waals surface area contributed by atoms with E-state index in [1.54, 1.807) is 25.3 Å². The molecule has 2 N–H and O–H groups in total. The number of nitrogens with one attached hydrogen (secondary N) is 2. The number of carbonyl (C=O) groups excluding carboxylic acids is 3. The molecule has 2 aromatic rings. The van der Waals surface area contributed by atoms with Gasteiger partial charge in [-0.25, -0.2) is 9.78 Å². The summed E-state index contributed by atoms with van der Waals surface area (Å²) in [6, 6.07) is 9.02. The topological polar surface area (TPSA) is 114 Å². The Kier molecular flexibility index (Phi) is 5.97. The molecule has 0 aliphatic carbocycles. The summed E-state index contributed by atoms with van der Waals surface area (Å²) in [5.74, 6) is -1.74. The summed E-state index contributed by atoms with van der Waals surface area (Å²) >= 11 is 0. The van der Waals surface area contributed by atoms with Gasteiger partial charge >= 0.3 is 5.97 Å².